The molecule has 0 aliphatic rings. The van der Waals surface area contributed by atoms with E-state index in [1.165, 1.54) is 6.21 Å². The molecule has 0 unspecified atom stereocenters. The normalized spacial score (nSPS) is 10.5. The molecule has 3 amide bonds. The van der Waals surface area contributed by atoms with Crippen molar-refractivity contribution in [3.8, 4) is 5.75 Å². The van der Waals surface area contributed by atoms with E-state index in [1.54, 1.807) is 55.6 Å². The van der Waals surface area contributed by atoms with Crippen molar-refractivity contribution in [1.29, 1.82) is 0 Å². The average Bonchev–Trinajstić information content (AvgIpc) is 2.77. The third-order valence-corrected chi connectivity index (χ3v) is 4.12. The van der Waals surface area contributed by atoms with Crippen molar-refractivity contribution in [2.45, 2.75) is 6.42 Å². The minimum atomic E-state index is -0.863. The number of carbonyl (C=O) groups is 3. The summed E-state index contributed by atoms with van der Waals surface area (Å²) in [6.07, 6.45) is 1.98. The molecule has 0 aromatic heterocycles. The van der Waals surface area contributed by atoms with E-state index in [0.717, 1.165) is 0 Å². The van der Waals surface area contributed by atoms with Gasteiger partial charge >= 0.3 is 11.8 Å². The quantitative estimate of drug-likeness (QED) is 0.223. The van der Waals surface area contributed by atoms with E-state index in [2.05, 4.69) is 21.2 Å². The Labute approximate surface area is 184 Å². The first-order valence-corrected chi connectivity index (χ1v) is 9.75. The van der Waals surface area contributed by atoms with Gasteiger partial charge in [0, 0.05) is 20.3 Å². The van der Waals surface area contributed by atoms with Gasteiger partial charge in [-0.05, 0) is 48.4 Å². The topological polar surface area (TPSA) is 118 Å². The summed E-state index contributed by atoms with van der Waals surface area (Å²) in [4.78, 5) is 35.1. The summed E-state index contributed by atoms with van der Waals surface area (Å²) in [5, 5.41) is 9.29. The van der Waals surface area contributed by atoms with Crippen LogP contribution in [0.15, 0.2) is 53.6 Å². The van der Waals surface area contributed by atoms with Crippen LogP contribution in [0.3, 0.4) is 0 Å². The molecule has 2 aromatic rings. The van der Waals surface area contributed by atoms with Crippen molar-refractivity contribution in [2.24, 2.45) is 5.10 Å². The highest BCUT2D eigenvalue weighted by Gasteiger charge is 2.11. The van der Waals surface area contributed by atoms with Gasteiger partial charge in [0.1, 0.15) is 5.75 Å². The molecule has 9 nitrogen and oxygen atoms in total. The molecule has 0 saturated carbocycles. The number of hydrogen-bond acceptors (Lipinski definition) is 6. The second kappa shape index (κ2) is 13.0. The van der Waals surface area contributed by atoms with E-state index in [0.29, 0.717) is 41.6 Å². The number of benzene rings is 2. The van der Waals surface area contributed by atoms with Gasteiger partial charge in [0.25, 0.3) is 5.91 Å². The van der Waals surface area contributed by atoms with Gasteiger partial charge < -0.3 is 20.1 Å². The van der Waals surface area contributed by atoms with Gasteiger partial charge in [0.2, 0.25) is 0 Å². The summed E-state index contributed by atoms with van der Waals surface area (Å²) in [7, 11) is 1.56. The van der Waals surface area contributed by atoms with Crippen LogP contribution in [0.5, 0.6) is 5.75 Å². The number of ether oxygens (including phenoxy) is 2. The van der Waals surface area contributed by atoms with Gasteiger partial charge in [-0.25, -0.2) is 5.43 Å². The summed E-state index contributed by atoms with van der Waals surface area (Å²) < 4.78 is 10.3. The van der Waals surface area contributed by atoms with Crippen molar-refractivity contribution in [3.63, 3.8) is 0 Å². The smallest absolute Gasteiger partial charge is 0.329 e. The van der Waals surface area contributed by atoms with E-state index in [9.17, 15) is 14.4 Å². The minimum absolute atomic E-state index is 0.186. The van der Waals surface area contributed by atoms with Gasteiger partial charge in [0.15, 0.2) is 6.61 Å². The number of nitrogens with zero attached hydrogens (tertiary/aromatic N) is 1. The maximum absolute atomic E-state index is 12.0. The summed E-state index contributed by atoms with van der Waals surface area (Å²) in [6.45, 7) is 0.641. The Morgan fingerprint density at radius 3 is 2.52 bits per heavy atom. The molecule has 3 N–H and O–H groups in total. The molecule has 10 heteroatoms. The number of anilines is 1. The molecular formula is C21H23ClN4O5. The predicted octanol–water partition coefficient (Wildman–Crippen LogP) is 1.96. The Kier molecular flexibility index (Phi) is 9.99. The highest BCUT2D eigenvalue weighted by atomic mass is 35.5. The largest absolute Gasteiger partial charge is 0.484 e. The molecular weight excluding hydrogens is 424 g/mol. The Bertz CT molecular complexity index is 918. The second-order valence-electron chi connectivity index (χ2n) is 6.19. The molecule has 164 valence electrons. The van der Waals surface area contributed by atoms with E-state index >= 15 is 0 Å². The molecule has 0 aliphatic carbocycles. The fourth-order valence-electron chi connectivity index (χ4n) is 2.26. The van der Waals surface area contributed by atoms with E-state index < -0.39 is 11.8 Å². The Balaban J connectivity index is 1.73. The average molecular weight is 447 g/mol. The Morgan fingerprint density at radius 1 is 1.06 bits per heavy atom. The number of methoxy groups -OCH3 is 1. The minimum Gasteiger partial charge on any atom is -0.484 e. The van der Waals surface area contributed by atoms with Crippen LogP contribution in [0.1, 0.15) is 12.0 Å². The molecule has 31 heavy (non-hydrogen) atoms. The van der Waals surface area contributed by atoms with E-state index in [4.69, 9.17) is 21.1 Å². The second-order valence-corrected chi connectivity index (χ2v) is 6.59. The maximum atomic E-state index is 12.0. The number of rotatable bonds is 10. The van der Waals surface area contributed by atoms with Crippen LogP contribution < -0.4 is 20.8 Å². The maximum Gasteiger partial charge on any atom is 0.329 e. The molecule has 0 heterocycles. The van der Waals surface area contributed by atoms with Crippen molar-refractivity contribution < 1.29 is 23.9 Å². The summed E-state index contributed by atoms with van der Waals surface area (Å²) in [6, 6.07) is 13.6. The first-order chi connectivity index (χ1) is 15.0. The zero-order chi connectivity index (χ0) is 22.5. The lowest BCUT2D eigenvalue weighted by atomic mass is 10.2. The number of hydrazone groups is 1. The monoisotopic (exact) mass is 446 g/mol. The lowest BCUT2D eigenvalue weighted by Gasteiger charge is -2.08. The molecule has 2 aromatic carbocycles. The molecule has 0 bridgehead atoms. The summed E-state index contributed by atoms with van der Waals surface area (Å²) >= 11 is 5.99. The lowest BCUT2D eigenvalue weighted by molar-refractivity contribution is -0.139. The van der Waals surface area contributed by atoms with Crippen molar-refractivity contribution in [3.05, 3.63) is 59.1 Å². The van der Waals surface area contributed by atoms with Gasteiger partial charge in [-0.2, -0.15) is 5.10 Å². The van der Waals surface area contributed by atoms with Crippen LogP contribution in [0.4, 0.5) is 5.69 Å². The van der Waals surface area contributed by atoms with Crippen molar-refractivity contribution >= 4 is 41.2 Å². The molecule has 0 spiro atoms. The number of nitrogens with one attached hydrogen (secondary N) is 3. The third kappa shape index (κ3) is 8.85. The van der Waals surface area contributed by atoms with E-state index in [1.807, 2.05) is 0 Å². The zero-order valence-electron chi connectivity index (χ0n) is 16.9. The molecule has 0 atom stereocenters. The lowest BCUT2D eigenvalue weighted by Crippen LogP contribution is -2.38. The van der Waals surface area contributed by atoms with Gasteiger partial charge in [0.05, 0.1) is 16.9 Å². The first-order valence-electron chi connectivity index (χ1n) is 9.37. The summed E-state index contributed by atoms with van der Waals surface area (Å²) in [5.74, 6) is -1.50. The predicted molar refractivity (Wildman–Crippen MR) is 117 cm³/mol. The number of halogens is 1. The van der Waals surface area contributed by atoms with Crippen LogP contribution in [0.25, 0.3) is 0 Å². The van der Waals surface area contributed by atoms with Crippen molar-refractivity contribution in [2.75, 3.05) is 32.2 Å². The molecule has 2 rings (SSSR count). The Morgan fingerprint density at radius 2 is 1.81 bits per heavy atom. The van der Waals surface area contributed by atoms with Crippen LogP contribution >= 0.6 is 11.6 Å². The Hall–Kier alpha value is -3.43. The number of carbonyl (C=O) groups excluding carboxylic acids is 3. The third-order valence-electron chi connectivity index (χ3n) is 3.79. The van der Waals surface area contributed by atoms with Gasteiger partial charge in [-0.15, -0.1) is 0 Å². The zero-order valence-corrected chi connectivity index (χ0v) is 17.6. The molecule has 0 aliphatic heterocycles. The van der Waals surface area contributed by atoms with Crippen LogP contribution in [-0.4, -0.2) is 50.8 Å². The van der Waals surface area contributed by atoms with Crippen LogP contribution in [-0.2, 0) is 19.1 Å². The first kappa shape index (κ1) is 23.8. The highest BCUT2D eigenvalue weighted by Crippen LogP contribution is 2.20. The number of para-hydroxylation sites is 1. The number of hydrogen-bond donors (Lipinski definition) is 3. The van der Waals surface area contributed by atoms with Gasteiger partial charge in [-0.3, -0.25) is 14.4 Å². The fourth-order valence-corrected chi connectivity index (χ4v) is 2.45. The van der Waals surface area contributed by atoms with E-state index in [-0.39, 0.29) is 12.5 Å². The van der Waals surface area contributed by atoms with Gasteiger partial charge in [-0.1, -0.05) is 23.7 Å². The number of amides is 3. The molecule has 0 fully saturated rings. The summed E-state index contributed by atoms with van der Waals surface area (Å²) in [5.41, 5.74) is 3.32. The van der Waals surface area contributed by atoms with Crippen molar-refractivity contribution in [1.82, 2.24) is 10.7 Å². The molecule has 0 saturated heterocycles. The van der Waals surface area contributed by atoms with Crippen LogP contribution in [0, 0.1) is 0 Å². The SMILES string of the molecule is COCCCNC(=O)C(=O)NN=Cc1ccc(OCC(=O)Nc2ccccc2Cl)cc1. The van der Waals surface area contributed by atoms with Crippen LogP contribution in [0.2, 0.25) is 5.02 Å². The molecule has 0 radical (unpaired) electrons. The fraction of sp³-hybridized carbons (Fsp3) is 0.238. The standard InChI is InChI=1S/C21H23ClN4O5/c1-30-12-4-11-23-20(28)21(29)26-24-13-15-7-9-16(10-8-15)31-14-19(27)25-18-6-3-2-5-17(18)22/h2-3,5-10,13H,4,11-12,14H2,1H3,(H,23,28)(H,25,27)(H,26,29). The highest BCUT2D eigenvalue weighted by molar-refractivity contribution is 6.35.